The maximum absolute atomic E-state index is 5.43. The van der Waals surface area contributed by atoms with Gasteiger partial charge in [0.1, 0.15) is 0 Å². The van der Waals surface area contributed by atoms with Gasteiger partial charge >= 0.3 is 0 Å². The van der Waals surface area contributed by atoms with Crippen LogP contribution in [0.5, 0.6) is 0 Å². The van der Waals surface area contributed by atoms with Gasteiger partial charge in [0.05, 0.1) is 6.61 Å². The summed E-state index contributed by atoms with van der Waals surface area (Å²) in [6, 6.07) is 0.579. The van der Waals surface area contributed by atoms with Gasteiger partial charge in [0.15, 0.2) is 0 Å². The first-order valence-corrected chi connectivity index (χ1v) is 5.75. The van der Waals surface area contributed by atoms with E-state index in [-0.39, 0.29) is 0 Å². The molecule has 1 rings (SSSR count). The molecule has 0 aromatic carbocycles. The highest BCUT2D eigenvalue weighted by molar-refractivity contribution is 4.98. The van der Waals surface area contributed by atoms with E-state index in [9.17, 15) is 0 Å². The van der Waals surface area contributed by atoms with Gasteiger partial charge in [-0.3, -0.25) is 0 Å². The summed E-state index contributed by atoms with van der Waals surface area (Å²) in [5.41, 5.74) is 1.35. The molecule has 82 valence electrons. The lowest BCUT2D eigenvalue weighted by Crippen LogP contribution is -2.36. The second-order valence-electron chi connectivity index (χ2n) is 4.10. The monoisotopic (exact) mass is 197 g/mol. The van der Waals surface area contributed by atoms with E-state index in [1.54, 1.807) is 0 Å². The van der Waals surface area contributed by atoms with Crippen LogP contribution in [0, 0.1) is 5.92 Å². The van der Waals surface area contributed by atoms with E-state index < -0.39 is 0 Å². The maximum atomic E-state index is 5.43. The van der Waals surface area contributed by atoms with E-state index in [2.05, 4.69) is 25.7 Å². The van der Waals surface area contributed by atoms with E-state index in [1.807, 2.05) is 0 Å². The standard InChI is InChI=1S/C12H23NO/c1-4-10(3)8-12(13-5-2)11-6-7-14-9-11/h11-13H,3-9H2,1-2H3. The average molecular weight is 197 g/mol. The van der Waals surface area contributed by atoms with Crippen LogP contribution in [0.2, 0.25) is 0 Å². The van der Waals surface area contributed by atoms with Crippen molar-refractivity contribution in [2.24, 2.45) is 5.92 Å². The topological polar surface area (TPSA) is 21.3 Å². The number of nitrogens with one attached hydrogen (secondary N) is 1. The summed E-state index contributed by atoms with van der Waals surface area (Å²) in [5.74, 6) is 0.693. The van der Waals surface area contributed by atoms with Gasteiger partial charge in [-0.2, -0.15) is 0 Å². The Kier molecular flexibility index (Phi) is 5.20. The van der Waals surface area contributed by atoms with Crippen molar-refractivity contribution in [3.05, 3.63) is 12.2 Å². The molecule has 0 aliphatic carbocycles. The summed E-state index contributed by atoms with van der Waals surface area (Å²) < 4.78 is 5.43. The van der Waals surface area contributed by atoms with Crippen LogP contribution >= 0.6 is 0 Å². The largest absolute Gasteiger partial charge is 0.381 e. The van der Waals surface area contributed by atoms with E-state index in [0.717, 1.165) is 32.6 Å². The molecule has 0 bridgehead atoms. The Morgan fingerprint density at radius 1 is 1.57 bits per heavy atom. The van der Waals surface area contributed by atoms with Crippen molar-refractivity contribution in [3.8, 4) is 0 Å². The minimum absolute atomic E-state index is 0.579. The zero-order chi connectivity index (χ0) is 10.4. The molecule has 1 N–H and O–H groups in total. The second-order valence-corrected chi connectivity index (χ2v) is 4.10. The van der Waals surface area contributed by atoms with Crippen LogP contribution in [0.1, 0.15) is 33.1 Å². The Balaban J connectivity index is 2.40. The summed E-state index contributed by atoms with van der Waals surface area (Å²) in [5, 5.41) is 3.55. The third kappa shape index (κ3) is 3.43. The van der Waals surface area contributed by atoms with Crippen molar-refractivity contribution >= 4 is 0 Å². The highest BCUT2D eigenvalue weighted by Crippen LogP contribution is 2.21. The molecule has 14 heavy (non-hydrogen) atoms. The SMILES string of the molecule is C=C(CC)CC(NCC)C1CCOC1. The second kappa shape index (κ2) is 6.20. The first-order valence-electron chi connectivity index (χ1n) is 5.75. The minimum atomic E-state index is 0.579. The Morgan fingerprint density at radius 2 is 2.36 bits per heavy atom. The van der Waals surface area contributed by atoms with Crippen LogP contribution in [0.3, 0.4) is 0 Å². The molecule has 0 amide bonds. The van der Waals surface area contributed by atoms with Crippen LogP contribution in [0.4, 0.5) is 0 Å². The first-order chi connectivity index (χ1) is 6.77. The van der Waals surface area contributed by atoms with Crippen LogP contribution in [0.15, 0.2) is 12.2 Å². The molecule has 2 heteroatoms. The molecule has 2 unspecified atom stereocenters. The van der Waals surface area contributed by atoms with Crippen LogP contribution < -0.4 is 5.32 Å². The molecule has 0 spiro atoms. The smallest absolute Gasteiger partial charge is 0.0510 e. The summed E-state index contributed by atoms with van der Waals surface area (Å²) in [6.45, 7) is 11.3. The Morgan fingerprint density at radius 3 is 2.86 bits per heavy atom. The molecule has 1 heterocycles. The molecular weight excluding hydrogens is 174 g/mol. The lowest BCUT2D eigenvalue weighted by molar-refractivity contribution is 0.176. The van der Waals surface area contributed by atoms with Gasteiger partial charge in [0.25, 0.3) is 0 Å². The fourth-order valence-corrected chi connectivity index (χ4v) is 1.99. The van der Waals surface area contributed by atoms with Crippen molar-refractivity contribution in [1.82, 2.24) is 5.32 Å². The molecule has 0 aromatic heterocycles. The Labute approximate surface area is 87.7 Å². The predicted molar refractivity (Wildman–Crippen MR) is 60.4 cm³/mol. The van der Waals surface area contributed by atoms with Crippen molar-refractivity contribution in [1.29, 1.82) is 0 Å². The summed E-state index contributed by atoms with van der Waals surface area (Å²) in [6.07, 6.45) is 3.41. The highest BCUT2D eigenvalue weighted by Gasteiger charge is 2.24. The third-order valence-corrected chi connectivity index (χ3v) is 3.01. The lowest BCUT2D eigenvalue weighted by Gasteiger charge is -2.23. The van der Waals surface area contributed by atoms with Gasteiger partial charge in [-0.1, -0.05) is 26.0 Å². The molecule has 1 saturated heterocycles. The zero-order valence-corrected chi connectivity index (χ0v) is 9.51. The number of hydrogen-bond acceptors (Lipinski definition) is 2. The summed E-state index contributed by atoms with van der Waals surface area (Å²) >= 11 is 0. The minimum Gasteiger partial charge on any atom is -0.381 e. The highest BCUT2D eigenvalue weighted by atomic mass is 16.5. The summed E-state index contributed by atoms with van der Waals surface area (Å²) in [4.78, 5) is 0. The van der Waals surface area contributed by atoms with Gasteiger partial charge in [0, 0.05) is 18.6 Å². The molecule has 1 aliphatic rings. The molecule has 1 aliphatic heterocycles. The molecule has 0 saturated carbocycles. The molecular formula is C12H23NO. The quantitative estimate of drug-likeness (QED) is 0.660. The average Bonchev–Trinajstić information content (AvgIpc) is 2.69. The molecule has 1 fully saturated rings. The van der Waals surface area contributed by atoms with Crippen LogP contribution in [-0.4, -0.2) is 25.8 Å². The Hall–Kier alpha value is -0.340. The van der Waals surface area contributed by atoms with Gasteiger partial charge in [0.2, 0.25) is 0 Å². The van der Waals surface area contributed by atoms with Gasteiger partial charge in [-0.15, -0.1) is 0 Å². The fourth-order valence-electron chi connectivity index (χ4n) is 1.99. The van der Waals surface area contributed by atoms with Gasteiger partial charge in [-0.25, -0.2) is 0 Å². The molecule has 0 radical (unpaired) electrons. The van der Waals surface area contributed by atoms with E-state index in [1.165, 1.54) is 12.0 Å². The van der Waals surface area contributed by atoms with Crippen molar-refractivity contribution in [2.45, 2.75) is 39.2 Å². The predicted octanol–water partition coefficient (Wildman–Crippen LogP) is 2.36. The van der Waals surface area contributed by atoms with Gasteiger partial charge < -0.3 is 10.1 Å². The lowest BCUT2D eigenvalue weighted by atomic mass is 9.92. The normalized spacial score (nSPS) is 23.7. The van der Waals surface area contributed by atoms with E-state index in [4.69, 9.17) is 4.74 Å². The molecule has 2 atom stereocenters. The number of rotatable bonds is 6. The maximum Gasteiger partial charge on any atom is 0.0510 e. The number of ether oxygens (including phenoxy) is 1. The van der Waals surface area contributed by atoms with E-state index >= 15 is 0 Å². The van der Waals surface area contributed by atoms with Crippen molar-refractivity contribution < 1.29 is 4.74 Å². The first kappa shape index (κ1) is 11.7. The van der Waals surface area contributed by atoms with E-state index in [0.29, 0.717) is 12.0 Å². The van der Waals surface area contributed by atoms with Crippen LogP contribution in [0.25, 0.3) is 0 Å². The molecule has 2 nitrogen and oxygen atoms in total. The zero-order valence-electron chi connectivity index (χ0n) is 9.51. The van der Waals surface area contributed by atoms with Gasteiger partial charge in [-0.05, 0) is 25.8 Å². The fraction of sp³-hybridized carbons (Fsp3) is 0.833. The van der Waals surface area contributed by atoms with Crippen molar-refractivity contribution in [2.75, 3.05) is 19.8 Å². The molecule has 0 aromatic rings. The number of hydrogen-bond donors (Lipinski definition) is 1. The third-order valence-electron chi connectivity index (χ3n) is 3.01. The van der Waals surface area contributed by atoms with Crippen molar-refractivity contribution in [3.63, 3.8) is 0 Å². The summed E-state index contributed by atoms with van der Waals surface area (Å²) in [7, 11) is 0. The Bertz CT molecular complexity index is 173. The van der Waals surface area contributed by atoms with Crippen LogP contribution in [-0.2, 0) is 4.74 Å².